The van der Waals surface area contributed by atoms with E-state index in [0.29, 0.717) is 13.0 Å². The number of urea groups is 1. The average Bonchev–Trinajstić information content (AvgIpc) is 2.43. The van der Waals surface area contributed by atoms with E-state index in [-0.39, 0.29) is 17.9 Å². The van der Waals surface area contributed by atoms with Gasteiger partial charge in [-0.25, -0.2) is 4.79 Å². The number of nitrogens with zero attached hydrogens (tertiary/aromatic N) is 1. The molecule has 0 aliphatic carbocycles. The van der Waals surface area contributed by atoms with Crippen molar-refractivity contribution in [2.45, 2.75) is 32.7 Å². The highest BCUT2D eigenvalue weighted by atomic mass is 16.2. The Labute approximate surface area is 96.6 Å². The Balaban J connectivity index is 2.68. The third-order valence-electron chi connectivity index (χ3n) is 3.10. The van der Waals surface area contributed by atoms with Crippen LogP contribution in [-0.4, -0.2) is 42.5 Å². The van der Waals surface area contributed by atoms with Crippen LogP contribution in [0.1, 0.15) is 27.2 Å². The fourth-order valence-electron chi connectivity index (χ4n) is 1.88. The van der Waals surface area contributed by atoms with Crippen LogP contribution in [0.2, 0.25) is 0 Å². The summed E-state index contributed by atoms with van der Waals surface area (Å²) in [6, 6.07) is -0.266. The molecule has 0 aromatic heterocycles. The molecule has 2 unspecified atom stereocenters. The van der Waals surface area contributed by atoms with E-state index in [2.05, 4.69) is 10.6 Å². The maximum atomic E-state index is 12.0. The molecular formula is C11H21N3O2. The standard InChI is InChI=1S/C11H21N3O2/c1-5-11(3)9(15)14(10(16)13-11)7-8(2)6-12-4/h8,12H,5-7H2,1-4H3,(H,13,16). The lowest BCUT2D eigenvalue weighted by Gasteiger charge is -2.21. The Morgan fingerprint density at radius 2 is 2.12 bits per heavy atom. The molecular weight excluding hydrogens is 206 g/mol. The van der Waals surface area contributed by atoms with Crippen LogP contribution in [0, 0.1) is 5.92 Å². The predicted octanol–water partition coefficient (Wildman–Crippen LogP) is 0.562. The van der Waals surface area contributed by atoms with Crippen LogP contribution in [0.25, 0.3) is 0 Å². The van der Waals surface area contributed by atoms with Crippen LogP contribution in [0.3, 0.4) is 0 Å². The van der Waals surface area contributed by atoms with Crippen molar-refractivity contribution in [3.8, 4) is 0 Å². The molecule has 1 aliphatic rings. The summed E-state index contributed by atoms with van der Waals surface area (Å²) in [6.45, 7) is 6.95. The van der Waals surface area contributed by atoms with E-state index in [1.165, 1.54) is 4.90 Å². The van der Waals surface area contributed by atoms with Gasteiger partial charge in [0, 0.05) is 6.54 Å². The minimum Gasteiger partial charge on any atom is -0.323 e. The predicted molar refractivity (Wildman–Crippen MR) is 62.0 cm³/mol. The smallest absolute Gasteiger partial charge is 0.323 e. The zero-order chi connectivity index (χ0) is 12.3. The number of imide groups is 1. The summed E-state index contributed by atoms with van der Waals surface area (Å²) in [7, 11) is 1.86. The molecule has 0 aromatic rings. The molecule has 1 saturated heterocycles. The summed E-state index contributed by atoms with van der Waals surface area (Å²) in [5, 5.41) is 5.78. The Morgan fingerprint density at radius 3 is 2.56 bits per heavy atom. The normalized spacial score (nSPS) is 27.1. The number of hydrogen-bond acceptors (Lipinski definition) is 3. The van der Waals surface area contributed by atoms with Crippen molar-refractivity contribution < 1.29 is 9.59 Å². The van der Waals surface area contributed by atoms with Gasteiger partial charge in [-0.05, 0) is 32.9 Å². The van der Waals surface area contributed by atoms with Crippen LogP contribution in [0.5, 0.6) is 0 Å². The van der Waals surface area contributed by atoms with Crippen LogP contribution in [0.15, 0.2) is 0 Å². The molecule has 16 heavy (non-hydrogen) atoms. The van der Waals surface area contributed by atoms with Crippen molar-refractivity contribution in [3.05, 3.63) is 0 Å². The Hall–Kier alpha value is -1.10. The molecule has 1 fully saturated rings. The van der Waals surface area contributed by atoms with Gasteiger partial charge in [0.2, 0.25) is 0 Å². The molecule has 92 valence electrons. The first-order chi connectivity index (χ1) is 7.44. The average molecular weight is 227 g/mol. The molecule has 2 atom stereocenters. The monoisotopic (exact) mass is 227 g/mol. The van der Waals surface area contributed by atoms with Gasteiger partial charge in [0.05, 0.1) is 0 Å². The van der Waals surface area contributed by atoms with E-state index in [9.17, 15) is 9.59 Å². The lowest BCUT2D eigenvalue weighted by molar-refractivity contribution is -0.131. The largest absolute Gasteiger partial charge is 0.325 e. The van der Waals surface area contributed by atoms with Crippen molar-refractivity contribution in [1.29, 1.82) is 0 Å². The maximum absolute atomic E-state index is 12.0. The van der Waals surface area contributed by atoms with Crippen LogP contribution in [-0.2, 0) is 4.79 Å². The molecule has 0 bridgehead atoms. The number of carbonyl (C=O) groups excluding carboxylic acids is 2. The van der Waals surface area contributed by atoms with Crippen molar-refractivity contribution in [2.24, 2.45) is 5.92 Å². The quantitative estimate of drug-likeness (QED) is 0.675. The minimum atomic E-state index is -0.712. The van der Waals surface area contributed by atoms with Gasteiger partial charge >= 0.3 is 6.03 Å². The van der Waals surface area contributed by atoms with Crippen LogP contribution in [0.4, 0.5) is 4.79 Å². The van der Waals surface area contributed by atoms with E-state index in [0.717, 1.165) is 6.54 Å². The summed E-state index contributed by atoms with van der Waals surface area (Å²) in [5.74, 6) is 0.154. The first-order valence-corrected chi connectivity index (χ1v) is 5.73. The number of rotatable bonds is 5. The second kappa shape index (κ2) is 4.82. The van der Waals surface area contributed by atoms with Crippen molar-refractivity contribution >= 4 is 11.9 Å². The van der Waals surface area contributed by atoms with Crippen molar-refractivity contribution in [3.63, 3.8) is 0 Å². The van der Waals surface area contributed by atoms with Crippen LogP contribution < -0.4 is 10.6 Å². The number of hydrogen-bond donors (Lipinski definition) is 2. The fourth-order valence-corrected chi connectivity index (χ4v) is 1.88. The van der Waals surface area contributed by atoms with Gasteiger partial charge in [0.1, 0.15) is 5.54 Å². The first-order valence-electron chi connectivity index (χ1n) is 5.73. The molecule has 3 amide bonds. The van der Waals surface area contributed by atoms with E-state index in [1.54, 1.807) is 6.92 Å². The molecule has 5 heteroatoms. The number of amides is 3. The van der Waals surface area contributed by atoms with Crippen molar-refractivity contribution in [2.75, 3.05) is 20.1 Å². The highest BCUT2D eigenvalue weighted by Crippen LogP contribution is 2.21. The topological polar surface area (TPSA) is 61.4 Å². The second-order valence-electron chi connectivity index (χ2n) is 4.69. The number of carbonyl (C=O) groups is 2. The summed E-state index contributed by atoms with van der Waals surface area (Å²) >= 11 is 0. The van der Waals surface area contributed by atoms with E-state index < -0.39 is 5.54 Å². The molecule has 0 aromatic carbocycles. The van der Waals surface area contributed by atoms with Gasteiger partial charge in [-0.1, -0.05) is 13.8 Å². The Morgan fingerprint density at radius 1 is 1.50 bits per heavy atom. The first kappa shape index (κ1) is 13.0. The third kappa shape index (κ3) is 2.35. The van der Waals surface area contributed by atoms with Gasteiger partial charge < -0.3 is 10.6 Å². The van der Waals surface area contributed by atoms with Gasteiger partial charge in [-0.15, -0.1) is 0 Å². The molecule has 1 rings (SSSR count). The summed E-state index contributed by atoms with van der Waals surface area (Å²) in [5.41, 5.74) is -0.712. The second-order valence-corrected chi connectivity index (χ2v) is 4.69. The van der Waals surface area contributed by atoms with E-state index >= 15 is 0 Å². The van der Waals surface area contributed by atoms with Gasteiger partial charge in [0.15, 0.2) is 0 Å². The van der Waals surface area contributed by atoms with Crippen LogP contribution >= 0.6 is 0 Å². The van der Waals surface area contributed by atoms with Gasteiger partial charge in [0.25, 0.3) is 5.91 Å². The minimum absolute atomic E-state index is 0.108. The SMILES string of the molecule is CCC1(C)NC(=O)N(CC(C)CNC)C1=O. The summed E-state index contributed by atoms with van der Waals surface area (Å²) in [6.07, 6.45) is 0.620. The molecule has 0 radical (unpaired) electrons. The lowest BCUT2D eigenvalue weighted by atomic mass is 9.99. The van der Waals surface area contributed by atoms with E-state index in [1.807, 2.05) is 20.9 Å². The number of nitrogens with one attached hydrogen (secondary N) is 2. The van der Waals surface area contributed by atoms with Gasteiger partial charge in [-0.2, -0.15) is 0 Å². The van der Waals surface area contributed by atoms with E-state index in [4.69, 9.17) is 0 Å². The summed E-state index contributed by atoms with van der Waals surface area (Å²) in [4.78, 5) is 25.0. The molecule has 2 N–H and O–H groups in total. The zero-order valence-electron chi connectivity index (χ0n) is 10.5. The third-order valence-corrected chi connectivity index (χ3v) is 3.10. The van der Waals surface area contributed by atoms with Gasteiger partial charge in [-0.3, -0.25) is 9.69 Å². The Kier molecular flexibility index (Phi) is 3.91. The van der Waals surface area contributed by atoms with Crippen molar-refractivity contribution in [1.82, 2.24) is 15.5 Å². The molecule has 1 heterocycles. The zero-order valence-corrected chi connectivity index (χ0v) is 10.5. The fraction of sp³-hybridized carbons (Fsp3) is 0.818. The molecule has 1 aliphatic heterocycles. The maximum Gasteiger partial charge on any atom is 0.325 e. The highest BCUT2D eigenvalue weighted by Gasteiger charge is 2.46. The summed E-state index contributed by atoms with van der Waals surface area (Å²) < 4.78 is 0. The molecule has 0 spiro atoms. The molecule has 0 saturated carbocycles. The molecule has 5 nitrogen and oxygen atoms in total. The lowest BCUT2D eigenvalue weighted by Crippen LogP contribution is -2.43. The highest BCUT2D eigenvalue weighted by molar-refractivity contribution is 6.06. The Bertz CT molecular complexity index is 293.